The van der Waals surface area contributed by atoms with Crippen molar-refractivity contribution in [3.05, 3.63) is 95.2 Å². The maximum absolute atomic E-state index is 13.1. The number of benzene rings is 3. The van der Waals surface area contributed by atoms with Gasteiger partial charge in [-0.3, -0.25) is 10.1 Å². The van der Waals surface area contributed by atoms with E-state index in [-0.39, 0.29) is 0 Å². The highest BCUT2D eigenvalue weighted by Gasteiger charge is 2.51. The standard InChI is InChI=1S/C32H30N2O5/c1-20-27(33-30(37)38-31(2)17-5-7-23-6-3-4-8-26(23)31)28(39-34-20)24-11-9-21(10-12-24)22-13-15-25(16-14-22)32(18-19-32)29(35)36/h3-4,6,8-16H,5,7,17-19H2,1-2H3,(H,33,37)(H,35,36)/t31-/m0/s1. The fourth-order valence-electron chi connectivity index (χ4n) is 5.70. The summed E-state index contributed by atoms with van der Waals surface area (Å²) < 4.78 is 11.6. The first-order chi connectivity index (χ1) is 18.8. The van der Waals surface area contributed by atoms with Gasteiger partial charge in [-0.15, -0.1) is 0 Å². The maximum Gasteiger partial charge on any atom is 0.412 e. The molecular formula is C32H30N2O5. The number of anilines is 1. The van der Waals surface area contributed by atoms with E-state index in [1.165, 1.54) is 5.56 Å². The molecule has 198 valence electrons. The van der Waals surface area contributed by atoms with Gasteiger partial charge in [0.2, 0.25) is 0 Å². The Labute approximate surface area is 226 Å². The van der Waals surface area contributed by atoms with E-state index in [9.17, 15) is 14.7 Å². The molecule has 1 fully saturated rings. The van der Waals surface area contributed by atoms with E-state index in [1.807, 2.05) is 73.7 Å². The molecule has 0 radical (unpaired) electrons. The number of carbonyl (C=O) groups is 2. The third-order valence-corrected chi connectivity index (χ3v) is 8.17. The lowest BCUT2D eigenvalue weighted by Crippen LogP contribution is -2.34. The van der Waals surface area contributed by atoms with E-state index in [1.54, 1.807) is 6.92 Å². The number of nitrogens with one attached hydrogen (secondary N) is 1. The van der Waals surface area contributed by atoms with Gasteiger partial charge in [-0.2, -0.15) is 0 Å². The quantitative estimate of drug-likeness (QED) is 0.277. The summed E-state index contributed by atoms with van der Waals surface area (Å²) in [6.45, 7) is 3.74. The minimum absolute atomic E-state index is 0.456. The van der Waals surface area contributed by atoms with E-state index in [0.29, 0.717) is 30.0 Å². The highest BCUT2D eigenvalue weighted by molar-refractivity contribution is 5.91. The molecule has 0 spiro atoms. The van der Waals surface area contributed by atoms with Gasteiger partial charge in [0.05, 0.1) is 5.41 Å². The lowest BCUT2D eigenvalue weighted by molar-refractivity contribution is -0.140. The predicted molar refractivity (Wildman–Crippen MR) is 147 cm³/mol. The number of fused-ring (bicyclic) bond motifs is 1. The molecule has 7 nitrogen and oxygen atoms in total. The van der Waals surface area contributed by atoms with Gasteiger partial charge in [0.1, 0.15) is 17.0 Å². The van der Waals surface area contributed by atoms with Crippen LogP contribution in [0.4, 0.5) is 10.5 Å². The summed E-state index contributed by atoms with van der Waals surface area (Å²) in [6, 6.07) is 23.6. The van der Waals surface area contributed by atoms with Crippen LogP contribution in [0.25, 0.3) is 22.5 Å². The van der Waals surface area contributed by atoms with Crippen LogP contribution in [0.5, 0.6) is 0 Å². The second kappa shape index (κ2) is 9.42. The number of ether oxygens (including phenoxy) is 1. The van der Waals surface area contributed by atoms with Gasteiger partial charge in [0.25, 0.3) is 0 Å². The van der Waals surface area contributed by atoms with Crippen molar-refractivity contribution in [3.8, 4) is 22.5 Å². The second-order valence-electron chi connectivity index (χ2n) is 10.8. The van der Waals surface area contributed by atoms with Crippen molar-refractivity contribution in [2.45, 2.75) is 57.0 Å². The van der Waals surface area contributed by atoms with Crippen molar-refractivity contribution in [1.82, 2.24) is 5.16 Å². The van der Waals surface area contributed by atoms with Gasteiger partial charge in [-0.25, -0.2) is 4.79 Å². The lowest BCUT2D eigenvalue weighted by Gasteiger charge is -2.35. The zero-order valence-electron chi connectivity index (χ0n) is 22.0. The number of amides is 1. The summed E-state index contributed by atoms with van der Waals surface area (Å²) in [5, 5.41) is 16.5. The van der Waals surface area contributed by atoms with Crippen molar-refractivity contribution < 1.29 is 24.0 Å². The number of rotatable bonds is 6. The molecule has 0 unspecified atom stereocenters. The third-order valence-electron chi connectivity index (χ3n) is 8.17. The van der Waals surface area contributed by atoms with Crippen molar-refractivity contribution in [2.24, 2.45) is 0 Å². The molecule has 2 aliphatic carbocycles. The molecule has 1 heterocycles. The Kier molecular flexibility index (Phi) is 6.02. The lowest BCUT2D eigenvalue weighted by atomic mass is 9.80. The number of hydrogen-bond acceptors (Lipinski definition) is 5. The zero-order valence-corrected chi connectivity index (χ0v) is 22.0. The molecule has 1 atom stereocenters. The van der Waals surface area contributed by atoms with Crippen LogP contribution in [0.3, 0.4) is 0 Å². The molecule has 2 aliphatic rings. The average molecular weight is 523 g/mol. The Morgan fingerprint density at radius 2 is 1.56 bits per heavy atom. The Hall–Kier alpha value is -4.39. The molecule has 1 saturated carbocycles. The summed E-state index contributed by atoms with van der Waals surface area (Å²) in [5.74, 6) is -0.300. The number of nitrogens with zero attached hydrogens (tertiary/aromatic N) is 1. The van der Waals surface area contributed by atoms with Crippen LogP contribution in [0, 0.1) is 6.92 Å². The number of hydrogen-bond donors (Lipinski definition) is 2. The third kappa shape index (κ3) is 4.48. The monoisotopic (exact) mass is 522 g/mol. The summed E-state index contributed by atoms with van der Waals surface area (Å²) in [7, 11) is 0. The predicted octanol–water partition coefficient (Wildman–Crippen LogP) is 7.23. The van der Waals surface area contributed by atoms with Gasteiger partial charge in [-0.05, 0) is 73.8 Å². The van der Waals surface area contributed by atoms with Crippen LogP contribution in [-0.2, 0) is 27.0 Å². The number of aryl methyl sites for hydroxylation is 2. The molecule has 1 aromatic heterocycles. The summed E-state index contributed by atoms with van der Waals surface area (Å²) >= 11 is 0. The molecule has 39 heavy (non-hydrogen) atoms. The first-order valence-corrected chi connectivity index (χ1v) is 13.3. The van der Waals surface area contributed by atoms with Crippen LogP contribution in [0.15, 0.2) is 77.3 Å². The largest absolute Gasteiger partial charge is 0.481 e. The van der Waals surface area contributed by atoms with Crippen LogP contribution in [0.2, 0.25) is 0 Å². The van der Waals surface area contributed by atoms with Crippen molar-refractivity contribution >= 4 is 17.7 Å². The van der Waals surface area contributed by atoms with Crippen LogP contribution >= 0.6 is 0 Å². The SMILES string of the molecule is Cc1noc(-c2ccc(-c3ccc(C4(C(=O)O)CC4)cc3)cc2)c1NC(=O)O[C@@]1(C)CCCc2ccccc21. The smallest absolute Gasteiger partial charge is 0.412 e. The molecule has 4 aromatic rings. The highest BCUT2D eigenvalue weighted by atomic mass is 16.6. The Bertz CT molecular complexity index is 1550. The van der Waals surface area contributed by atoms with Gasteiger partial charge >= 0.3 is 12.1 Å². The van der Waals surface area contributed by atoms with Crippen molar-refractivity contribution in [3.63, 3.8) is 0 Å². The van der Waals surface area contributed by atoms with Crippen LogP contribution in [0.1, 0.15) is 55.0 Å². The van der Waals surface area contributed by atoms with Crippen molar-refractivity contribution in [1.29, 1.82) is 0 Å². The summed E-state index contributed by atoms with van der Waals surface area (Å²) in [4.78, 5) is 24.7. The van der Waals surface area contributed by atoms with Gasteiger partial charge in [-0.1, -0.05) is 78.0 Å². The molecule has 1 amide bonds. The highest BCUT2D eigenvalue weighted by Crippen LogP contribution is 2.48. The Balaban J connectivity index is 1.19. The first-order valence-electron chi connectivity index (χ1n) is 13.3. The fraction of sp³-hybridized carbons (Fsp3) is 0.281. The Morgan fingerprint density at radius 1 is 0.923 bits per heavy atom. The van der Waals surface area contributed by atoms with Gasteiger partial charge in [0.15, 0.2) is 5.76 Å². The number of carboxylic acid groups (broad SMARTS) is 1. The van der Waals surface area contributed by atoms with Crippen LogP contribution < -0.4 is 5.32 Å². The molecular weight excluding hydrogens is 492 g/mol. The fourth-order valence-corrected chi connectivity index (χ4v) is 5.70. The van der Waals surface area contributed by atoms with E-state index in [2.05, 4.69) is 16.5 Å². The number of aliphatic carboxylic acids is 1. The molecule has 7 heteroatoms. The van der Waals surface area contributed by atoms with Gasteiger partial charge < -0.3 is 14.4 Å². The Morgan fingerprint density at radius 3 is 2.23 bits per heavy atom. The molecule has 2 N–H and O–H groups in total. The van der Waals surface area contributed by atoms with E-state index >= 15 is 0 Å². The molecule has 0 aliphatic heterocycles. The van der Waals surface area contributed by atoms with E-state index < -0.39 is 23.1 Å². The zero-order chi connectivity index (χ0) is 27.2. The first kappa shape index (κ1) is 24.9. The number of carbonyl (C=O) groups excluding carboxylic acids is 1. The second-order valence-corrected chi connectivity index (χ2v) is 10.8. The molecule has 0 saturated heterocycles. The normalized spacial score (nSPS) is 19.1. The van der Waals surface area contributed by atoms with E-state index in [4.69, 9.17) is 9.26 Å². The van der Waals surface area contributed by atoms with E-state index in [0.717, 1.165) is 47.1 Å². The minimum atomic E-state index is -0.757. The molecule has 3 aromatic carbocycles. The topological polar surface area (TPSA) is 102 Å². The number of carboxylic acids is 1. The average Bonchev–Trinajstić information content (AvgIpc) is 3.68. The van der Waals surface area contributed by atoms with Crippen LogP contribution in [-0.4, -0.2) is 22.3 Å². The molecule has 6 rings (SSSR count). The summed E-state index contributed by atoms with van der Waals surface area (Å²) in [6.07, 6.45) is 3.51. The molecule has 0 bridgehead atoms. The summed E-state index contributed by atoms with van der Waals surface area (Å²) in [5.41, 5.74) is 5.47. The number of aromatic nitrogens is 1. The minimum Gasteiger partial charge on any atom is -0.481 e. The van der Waals surface area contributed by atoms with Gasteiger partial charge in [0, 0.05) is 5.56 Å². The van der Waals surface area contributed by atoms with Crippen molar-refractivity contribution in [2.75, 3.05) is 5.32 Å². The maximum atomic E-state index is 13.1.